The largest absolute Gasteiger partial charge is 0.497 e. The normalized spacial score (nSPS) is 16.8. The van der Waals surface area contributed by atoms with Gasteiger partial charge in [0.15, 0.2) is 0 Å². The summed E-state index contributed by atoms with van der Waals surface area (Å²) < 4.78 is 10.3. The summed E-state index contributed by atoms with van der Waals surface area (Å²) in [6.45, 7) is 0.279. The first-order valence-corrected chi connectivity index (χ1v) is 6.80. The third kappa shape index (κ3) is 3.22. The summed E-state index contributed by atoms with van der Waals surface area (Å²) in [4.78, 5) is 12.2. The fraction of sp³-hybridized carbons (Fsp3) is 0.533. The van der Waals surface area contributed by atoms with Crippen LogP contribution >= 0.6 is 0 Å². The molecule has 1 fully saturated rings. The molecular formula is C15H21NO4. The number of benzene rings is 1. The van der Waals surface area contributed by atoms with E-state index in [2.05, 4.69) is 5.32 Å². The van der Waals surface area contributed by atoms with Gasteiger partial charge in [-0.15, -0.1) is 0 Å². The summed E-state index contributed by atoms with van der Waals surface area (Å²) in [5, 5.41) is 13.0. The van der Waals surface area contributed by atoms with Crippen molar-refractivity contribution in [1.29, 1.82) is 0 Å². The molecule has 110 valence electrons. The molecule has 0 aromatic heterocycles. The van der Waals surface area contributed by atoms with Crippen LogP contribution in [0.3, 0.4) is 0 Å². The summed E-state index contributed by atoms with van der Waals surface area (Å²) in [7, 11) is 3.07. The molecule has 5 nitrogen and oxygen atoms in total. The van der Waals surface area contributed by atoms with Crippen LogP contribution in [-0.4, -0.2) is 37.4 Å². The van der Waals surface area contributed by atoms with Crippen molar-refractivity contribution in [1.82, 2.24) is 5.32 Å². The van der Waals surface area contributed by atoms with Crippen molar-refractivity contribution >= 4 is 5.91 Å². The van der Waals surface area contributed by atoms with Crippen LogP contribution in [0.25, 0.3) is 0 Å². The lowest BCUT2D eigenvalue weighted by atomic mass is 10.0. The first-order chi connectivity index (χ1) is 9.58. The van der Waals surface area contributed by atoms with E-state index in [-0.39, 0.29) is 12.5 Å². The van der Waals surface area contributed by atoms with Crippen LogP contribution in [0.15, 0.2) is 18.2 Å². The number of nitrogens with one attached hydrogen (secondary N) is 1. The average molecular weight is 279 g/mol. The highest BCUT2D eigenvalue weighted by atomic mass is 16.5. The second-order valence-electron chi connectivity index (χ2n) is 5.18. The van der Waals surface area contributed by atoms with Gasteiger partial charge >= 0.3 is 0 Å². The summed E-state index contributed by atoms with van der Waals surface area (Å²) >= 11 is 0. The van der Waals surface area contributed by atoms with E-state index in [1.165, 1.54) is 7.11 Å². The zero-order valence-corrected chi connectivity index (χ0v) is 11.9. The van der Waals surface area contributed by atoms with Crippen molar-refractivity contribution in [2.24, 2.45) is 0 Å². The van der Waals surface area contributed by atoms with E-state index in [1.807, 2.05) is 0 Å². The Labute approximate surface area is 118 Å². The van der Waals surface area contributed by atoms with Gasteiger partial charge in [-0.1, -0.05) is 12.8 Å². The van der Waals surface area contributed by atoms with Gasteiger partial charge in [0, 0.05) is 12.6 Å². The minimum atomic E-state index is -0.755. The van der Waals surface area contributed by atoms with E-state index >= 15 is 0 Å². The van der Waals surface area contributed by atoms with Crippen LogP contribution in [0, 0.1) is 0 Å². The van der Waals surface area contributed by atoms with Gasteiger partial charge in [0.2, 0.25) is 0 Å². The Kier molecular flexibility index (Phi) is 4.49. The number of carbonyl (C=O) groups excluding carboxylic acids is 1. The van der Waals surface area contributed by atoms with Gasteiger partial charge in [-0.3, -0.25) is 4.79 Å². The standard InChI is InChI=1S/C15H21NO4/c1-19-11-5-6-12(13(9-11)20-2)14(17)16-10-15(18)7-3-4-8-15/h5-6,9,18H,3-4,7-8,10H2,1-2H3,(H,16,17). The average Bonchev–Trinajstić information content (AvgIpc) is 2.91. The molecule has 20 heavy (non-hydrogen) atoms. The lowest BCUT2D eigenvalue weighted by Crippen LogP contribution is -2.40. The first-order valence-electron chi connectivity index (χ1n) is 6.80. The van der Waals surface area contributed by atoms with E-state index in [1.54, 1.807) is 25.3 Å². The molecule has 0 bridgehead atoms. The van der Waals surface area contributed by atoms with Crippen LogP contribution in [0.2, 0.25) is 0 Å². The van der Waals surface area contributed by atoms with Gasteiger partial charge < -0.3 is 19.9 Å². The number of methoxy groups -OCH3 is 2. The minimum absolute atomic E-state index is 0.246. The third-order valence-electron chi connectivity index (χ3n) is 3.77. The first kappa shape index (κ1) is 14.7. The van der Waals surface area contributed by atoms with Crippen LogP contribution in [-0.2, 0) is 0 Å². The Morgan fingerprint density at radius 3 is 2.60 bits per heavy atom. The SMILES string of the molecule is COc1ccc(C(=O)NCC2(O)CCCC2)c(OC)c1. The lowest BCUT2D eigenvalue weighted by molar-refractivity contribution is 0.0449. The van der Waals surface area contributed by atoms with Crippen LogP contribution < -0.4 is 14.8 Å². The molecule has 1 saturated carbocycles. The highest BCUT2D eigenvalue weighted by Crippen LogP contribution is 2.29. The van der Waals surface area contributed by atoms with E-state index in [9.17, 15) is 9.90 Å². The van der Waals surface area contributed by atoms with Crippen LogP contribution in [0.4, 0.5) is 0 Å². The van der Waals surface area contributed by atoms with E-state index in [0.717, 1.165) is 25.7 Å². The van der Waals surface area contributed by atoms with Crippen molar-refractivity contribution in [3.05, 3.63) is 23.8 Å². The second-order valence-corrected chi connectivity index (χ2v) is 5.18. The van der Waals surface area contributed by atoms with E-state index in [0.29, 0.717) is 17.1 Å². The molecule has 0 aliphatic heterocycles. The maximum atomic E-state index is 12.2. The van der Waals surface area contributed by atoms with Gasteiger partial charge in [0.25, 0.3) is 5.91 Å². The summed E-state index contributed by atoms with van der Waals surface area (Å²) in [6.07, 6.45) is 3.51. The number of carbonyl (C=O) groups is 1. The molecule has 1 aromatic carbocycles. The van der Waals surface area contributed by atoms with Crippen molar-refractivity contribution in [2.45, 2.75) is 31.3 Å². The number of hydrogen-bond acceptors (Lipinski definition) is 4. The second kappa shape index (κ2) is 6.13. The molecule has 0 saturated heterocycles. The zero-order valence-electron chi connectivity index (χ0n) is 11.9. The number of rotatable bonds is 5. The predicted octanol–water partition coefficient (Wildman–Crippen LogP) is 1.74. The molecule has 0 spiro atoms. The Hall–Kier alpha value is -1.75. The number of ether oxygens (including phenoxy) is 2. The van der Waals surface area contributed by atoms with E-state index in [4.69, 9.17) is 9.47 Å². The maximum Gasteiger partial charge on any atom is 0.255 e. The third-order valence-corrected chi connectivity index (χ3v) is 3.77. The molecule has 0 atom stereocenters. The summed E-state index contributed by atoms with van der Waals surface area (Å²) in [5.74, 6) is 0.845. The Balaban J connectivity index is 2.05. The number of aliphatic hydroxyl groups is 1. The summed E-state index contributed by atoms with van der Waals surface area (Å²) in [6, 6.07) is 5.03. The van der Waals surface area contributed by atoms with Gasteiger partial charge in [0.05, 0.1) is 25.4 Å². The molecule has 0 radical (unpaired) electrons. The molecule has 2 N–H and O–H groups in total. The topological polar surface area (TPSA) is 67.8 Å². The molecular weight excluding hydrogens is 258 g/mol. The van der Waals surface area contributed by atoms with Crippen molar-refractivity contribution < 1.29 is 19.4 Å². The summed E-state index contributed by atoms with van der Waals surface area (Å²) in [5.41, 5.74) is -0.315. The Bertz CT molecular complexity index is 481. The van der Waals surface area contributed by atoms with Gasteiger partial charge in [-0.05, 0) is 25.0 Å². The Morgan fingerprint density at radius 1 is 1.30 bits per heavy atom. The predicted molar refractivity (Wildman–Crippen MR) is 75.3 cm³/mol. The maximum absolute atomic E-state index is 12.2. The fourth-order valence-electron chi connectivity index (χ4n) is 2.54. The van der Waals surface area contributed by atoms with E-state index < -0.39 is 5.60 Å². The zero-order chi connectivity index (χ0) is 14.6. The quantitative estimate of drug-likeness (QED) is 0.861. The van der Waals surface area contributed by atoms with Crippen LogP contribution in [0.5, 0.6) is 11.5 Å². The number of hydrogen-bond donors (Lipinski definition) is 2. The molecule has 1 aliphatic rings. The Morgan fingerprint density at radius 2 is 2.00 bits per heavy atom. The molecule has 5 heteroatoms. The minimum Gasteiger partial charge on any atom is -0.497 e. The highest BCUT2D eigenvalue weighted by molar-refractivity contribution is 5.97. The van der Waals surface area contributed by atoms with Crippen molar-refractivity contribution in [2.75, 3.05) is 20.8 Å². The molecule has 1 aliphatic carbocycles. The number of amides is 1. The monoisotopic (exact) mass is 279 g/mol. The molecule has 0 unspecified atom stereocenters. The molecule has 1 amide bonds. The molecule has 1 aromatic rings. The smallest absolute Gasteiger partial charge is 0.255 e. The molecule has 2 rings (SSSR count). The van der Waals surface area contributed by atoms with Crippen molar-refractivity contribution in [3.63, 3.8) is 0 Å². The van der Waals surface area contributed by atoms with Gasteiger partial charge in [-0.2, -0.15) is 0 Å². The highest BCUT2D eigenvalue weighted by Gasteiger charge is 2.31. The van der Waals surface area contributed by atoms with Crippen LogP contribution in [0.1, 0.15) is 36.0 Å². The fourth-order valence-corrected chi connectivity index (χ4v) is 2.54. The molecule has 0 heterocycles. The van der Waals surface area contributed by atoms with Crippen molar-refractivity contribution in [3.8, 4) is 11.5 Å². The lowest BCUT2D eigenvalue weighted by Gasteiger charge is -2.22. The van der Waals surface area contributed by atoms with Gasteiger partial charge in [-0.25, -0.2) is 0 Å². The van der Waals surface area contributed by atoms with Gasteiger partial charge in [0.1, 0.15) is 11.5 Å².